The first kappa shape index (κ1) is 16.8. The van der Waals surface area contributed by atoms with Gasteiger partial charge in [0, 0.05) is 5.69 Å². The maximum atomic E-state index is 12.6. The van der Waals surface area contributed by atoms with Crippen LogP contribution >= 0.6 is 0 Å². The zero-order chi connectivity index (χ0) is 17.9. The molecule has 1 fully saturated rings. The molecule has 4 rings (SSSR count). The smallest absolute Gasteiger partial charge is 0.269 e. The molecule has 136 valence electrons. The van der Waals surface area contributed by atoms with Crippen LogP contribution in [0.4, 0.5) is 5.69 Å². The third kappa shape index (κ3) is 3.62. The highest BCUT2D eigenvalue weighted by atomic mass is 16.6. The molecule has 1 heterocycles. The number of hydrogen-bond donors (Lipinski definition) is 1. The number of nitrogens with one attached hydrogen (secondary N) is 1. The van der Waals surface area contributed by atoms with E-state index in [1.807, 2.05) is 49.4 Å². The third-order valence-electron chi connectivity index (χ3n) is 4.83. The summed E-state index contributed by atoms with van der Waals surface area (Å²) in [6, 6.07) is 14.9. The summed E-state index contributed by atoms with van der Waals surface area (Å²) in [5, 5.41) is 2.89. The summed E-state index contributed by atoms with van der Waals surface area (Å²) in [5.41, 5.74) is 0.712. The van der Waals surface area contributed by atoms with Crippen LogP contribution in [0, 0.1) is 0 Å². The number of rotatable bonds is 4. The highest BCUT2D eigenvalue weighted by molar-refractivity contribution is 5.95. The molecule has 2 atom stereocenters. The largest absolute Gasteiger partial charge is 0.490 e. The maximum Gasteiger partial charge on any atom is 0.269 e. The summed E-state index contributed by atoms with van der Waals surface area (Å²) in [4.78, 5) is 12.6. The molecular formula is C21H23NO4. The molecule has 26 heavy (non-hydrogen) atoms. The fourth-order valence-corrected chi connectivity index (χ4v) is 3.44. The lowest BCUT2D eigenvalue weighted by Crippen LogP contribution is -2.46. The minimum Gasteiger partial charge on any atom is -0.490 e. The second-order valence-corrected chi connectivity index (χ2v) is 6.85. The summed E-state index contributed by atoms with van der Waals surface area (Å²) in [6.45, 7) is 1.83. The van der Waals surface area contributed by atoms with Crippen LogP contribution in [0.25, 0.3) is 0 Å². The predicted octanol–water partition coefficient (Wildman–Crippen LogP) is 4.18. The number of anilines is 1. The number of para-hydroxylation sites is 2. The van der Waals surface area contributed by atoms with Crippen LogP contribution in [-0.4, -0.2) is 24.2 Å². The zero-order valence-electron chi connectivity index (χ0n) is 14.8. The Bertz CT molecular complexity index is 768. The Balaban J connectivity index is 1.38. The molecule has 1 saturated carbocycles. The Morgan fingerprint density at radius 3 is 2.35 bits per heavy atom. The van der Waals surface area contributed by atoms with Crippen LogP contribution in [0.15, 0.2) is 48.5 Å². The molecule has 1 amide bonds. The topological polar surface area (TPSA) is 56.8 Å². The van der Waals surface area contributed by atoms with Gasteiger partial charge in [0.15, 0.2) is 11.5 Å². The van der Waals surface area contributed by atoms with Crippen molar-refractivity contribution in [3.05, 3.63) is 48.5 Å². The molecule has 0 saturated heterocycles. The van der Waals surface area contributed by atoms with Gasteiger partial charge >= 0.3 is 0 Å². The van der Waals surface area contributed by atoms with Gasteiger partial charge in [-0.15, -0.1) is 0 Å². The van der Waals surface area contributed by atoms with E-state index in [0.717, 1.165) is 18.6 Å². The second-order valence-electron chi connectivity index (χ2n) is 6.85. The Morgan fingerprint density at radius 1 is 1.00 bits per heavy atom. The first-order valence-corrected chi connectivity index (χ1v) is 9.19. The lowest BCUT2D eigenvalue weighted by Gasteiger charge is -2.31. The van der Waals surface area contributed by atoms with E-state index in [-0.39, 0.29) is 12.0 Å². The quantitative estimate of drug-likeness (QED) is 0.896. The van der Waals surface area contributed by atoms with Crippen LogP contribution in [0.2, 0.25) is 0 Å². The van der Waals surface area contributed by atoms with Crippen molar-refractivity contribution in [1.29, 1.82) is 0 Å². The van der Waals surface area contributed by atoms with E-state index >= 15 is 0 Å². The second kappa shape index (κ2) is 7.28. The minimum absolute atomic E-state index is 0.225. The van der Waals surface area contributed by atoms with Crippen molar-refractivity contribution < 1.29 is 19.0 Å². The average molecular weight is 353 g/mol. The third-order valence-corrected chi connectivity index (χ3v) is 4.83. The normalized spacial score (nSPS) is 22.0. The summed E-state index contributed by atoms with van der Waals surface area (Å²) in [7, 11) is 0. The standard InChI is InChI=1S/C21H23NO4/c1-14-20(26-19-9-5-4-8-18(19)24-14)21(23)22-15-10-12-17(13-11-15)25-16-6-2-3-7-16/h4-5,8-14,16,20H,2-3,6-7H2,1H3,(H,22,23). The highest BCUT2D eigenvalue weighted by Gasteiger charge is 2.34. The number of ether oxygens (including phenoxy) is 3. The van der Waals surface area contributed by atoms with Gasteiger partial charge in [-0.1, -0.05) is 12.1 Å². The number of carbonyl (C=O) groups is 1. The van der Waals surface area contributed by atoms with Crippen molar-refractivity contribution in [2.75, 3.05) is 5.32 Å². The molecule has 2 unspecified atom stereocenters. The van der Waals surface area contributed by atoms with E-state index in [9.17, 15) is 4.79 Å². The number of amides is 1. The van der Waals surface area contributed by atoms with E-state index in [1.54, 1.807) is 6.07 Å². The van der Waals surface area contributed by atoms with E-state index in [0.29, 0.717) is 23.3 Å². The van der Waals surface area contributed by atoms with Gasteiger partial charge in [-0.3, -0.25) is 4.79 Å². The van der Waals surface area contributed by atoms with Gasteiger partial charge in [-0.05, 0) is 69.0 Å². The van der Waals surface area contributed by atoms with Gasteiger partial charge in [0.25, 0.3) is 5.91 Å². The van der Waals surface area contributed by atoms with Crippen LogP contribution in [0.5, 0.6) is 17.2 Å². The molecule has 0 aromatic heterocycles. The molecule has 1 N–H and O–H groups in total. The van der Waals surface area contributed by atoms with Gasteiger partial charge in [0.2, 0.25) is 6.10 Å². The van der Waals surface area contributed by atoms with Gasteiger partial charge in [0.05, 0.1) is 6.10 Å². The fourth-order valence-electron chi connectivity index (χ4n) is 3.44. The van der Waals surface area contributed by atoms with Crippen molar-refractivity contribution in [1.82, 2.24) is 0 Å². The Labute approximate surface area is 153 Å². The first-order valence-electron chi connectivity index (χ1n) is 9.19. The Morgan fingerprint density at radius 2 is 1.65 bits per heavy atom. The van der Waals surface area contributed by atoms with E-state index < -0.39 is 6.10 Å². The lowest BCUT2D eigenvalue weighted by molar-refractivity contribution is -0.128. The molecule has 5 heteroatoms. The SMILES string of the molecule is CC1Oc2ccccc2OC1C(=O)Nc1ccc(OC2CCCC2)cc1. The molecule has 0 bridgehead atoms. The Hall–Kier alpha value is -2.69. The molecule has 2 aromatic carbocycles. The van der Waals surface area contributed by atoms with Crippen LogP contribution in [0.3, 0.4) is 0 Å². The van der Waals surface area contributed by atoms with E-state index in [2.05, 4.69) is 5.32 Å². The molecule has 1 aliphatic carbocycles. The van der Waals surface area contributed by atoms with Crippen LogP contribution < -0.4 is 19.5 Å². The molecular weight excluding hydrogens is 330 g/mol. The van der Waals surface area contributed by atoms with Gasteiger partial charge in [0.1, 0.15) is 11.9 Å². The van der Waals surface area contributed by atoms with Crippen molar-refractivity contribution >= 4 is 11.6 Å². The van der Waals surface area contributed by atoms with E-state index in [4.69, 9.17) is 14.2 Å². The van der Waals surface area contributed by atoms with Gasteiger partial charge in [-0.25, -0.2) is 0 Å². The van der Waals surface area contributed by atoms with E-state index in [1.165, 1.54) is 12.8 Å². The average Bonchev–Trinajstić information content (AvgIpc) is 3.16. The molecule has 0 radical (unpaired) electrons. The summed E-state index contributed by atoms with van der Waals surface area (Å²) in [6.07, 6.45) is 3.99. The molecule has 0 spiro atoms. The zero-order valence-corrected chi connectivity index (χ0v) is 14.8. The lowest BCUT2D eigenvalue weighted by atomic mass is 10.1. The molecule has 2 aromatic rings. The monoisotopic (exact) mass is 353 g/mol. The minimum atomic E-state index is -0.695. The van der Waals surface area contributed by atoms with Crippen molar-refractivity contribution in [2.24, 2.45) is 0 Å². The fraction of sp³-hybridized carbons (Fsp3) is 0.381. The van der Waals surface area contributed by atoms with Crippen molar-refractivity contribution in [2.45, 2.75) is 50.9 Å². The predicted molar refractivity (Wildman–Crippen MR) is 98.9 cm³/mol. The van der Waals surface area contributed by atoms with Crippen molar-refractivity contribution in [3.63, 3.8) is 0 Å². The number of hydrogen-bond acceptors (Lipinski definition) is 4. The summed E-state index contributed by atoms with van der Waals surface area (Å²) >= 11 is 0. The van der Waals surface area contributed by atoms with Crippen molar-refractivity contribution in [3.8, 4) is 17.2 Å². The van der Waals surface area contributed by atoms with Crippen LogP contribution in [0.1, 0.15) is 32.6 Å². The van der Waals surface area contributed by atoms with Crippen LogP contribution in [-0.2, 0) is 4.79 Å². The maximum absolute atomic E-state index is 12.6. The summed E-state index contributed by atoms with van der Waals surface area (Å²) in [5.74, 6) is 1.87. The number of fused-ring (bicyclic) bond motifs is 1. The Kier molecular flexibility index (Phi) is 4.69. The number of benzene rings is 2. The highest BCUT2D eigenvalue weighted by Crippen LogP contribution is 2.33. The molecule has 1 aliphatic heterocycles. The summed E-state index contributed by atoms with van der Waals surface area (Å²) < 4.78 is 17.6. The first-order chi connectivity index (χ1) is 12.7. The van der Waals surface area contributed by atoms with Gasteiger partial charge < -0.3 is 19.5 Å². The van der Waals surface area contributed by atoms with Gasteiger partial charge in [-0.2, -0.15) is 0 Å². The number of carbonyl (C=O) groups excluding carboxylic acids is 1. The molecule has 2 aliphatic rings. The molecule has 5 nitrogen and oxygen atoms in total.